The van der Waals surface area contributed by atoms with E-state index in [4.69, 9.17) is 0 Å². The van der Waals surface area contributed by atoms with Gasteiger partial charge in [-0.05, 0) is 72.4 Å². The third kappa shape index (κ3) is 4.91. The van der Waals surface area contributed by atoms with Crippen LogP contribution in [0.3, 0.4) is 0 Å². The number of piperidine rings is 1. The van der Waals surface area contributed by atoms with Crippen molar-refractivity contribution in [3.8, 4) is 0 Å². The first-order chi connectivity index (χ1) is 17.0. The summed E-state index contributed by atoms with van der Waals surface area (Å²) in [6.07, 6.45) is 7.03. The second-order valence-corrected chi connectivity index (χ2v) is 8.73. The fraction of sp³-hybridized carbons (Fsp3) is 0.222. The smallest absolute Gasteiger partial charge is 0.253 e. The van der Waals surface area contributed by atoms with Gasteiger partial charge in [0.05, 0.1) is 0 Å². The Bertz CT molecular complexity index is 1380. The number of hydrogen-bond acceptors (Lipinski definition) is 3. The third-order valence-corrected chi connectivity index (χ3v) is 6.51. The molecule has 0 unspecified atom stereocenters. The number of halogens is 2. The molecule has 0 bridgehead atoms. The Morgan fingerprint density at radius 1 is 0.914 bits per heavy atom. The molecule has 0 spiro atoms. The maximum absolute atomic E-state index is 13.5. The van der Waals surface area contributed by atoms with Crippen molar-refractivity contribution in [2.75, 3.05) is 13.1 Å². The van der Waals surface area contributed by atoms with Crippen molar-refractivity contribution in [3.05, 3.63) is 107 Å². The van der Waals surface area contributed by atoms with E-state index < -0.39 is 11.6 Å². The summed E-state index contributed by atoms with van der Waals surface area (Å²) < 4.78 is 28.5. The van der Waals surface area contributed by atoms with Crippen LogP contribution in [-0.2, 0) is 6.54 Å². The zero-order valence-corrected chi connectivity index (χ0v) is 19.0. The van der Waals surface area contributed by atoms with Crippen LogP contribution in [0.2, 0.25) is 0 Å². The van der Waals surface area contributed by atoms with E-state index in [1.807, 2.05) is 53.2 Å². The second kappa shape index (κ2) is 9.66. The van der Waals surface area contributed by atoms with Crippen molar-refractivity contribution >= 4 is 17.5 Å². The first kappa shape index (κ1) is 22.7. The number of hydrogen-bond donors (Lipinski definition) is 1. The van der Waals surface area contributed by atoms with Crippen molar-refractivity contribution in [2.24, 2.45) is 0 Å². The average Bonchev–Trinajstić information content (AvgIpc) is 3.37. The number of fused-ring (bicyclic) bond motifs is 1. The minimum Gasteiger partial charge on any atom is -0.348 e. The molecule has 2 aromatic carbocycles. The highest BCUT2D eigenvalue weighted by atomic mass is 19.2. The summed E-state index contributed by atoms with van der Waals surface area (Å²) in [6, 6.07) is 14.7. The van der Waals surface area contributed by atoms with Gasteiger partial charge in [0, 0.05) is 49.4 Å². The lowest BCUT2D eigenvalue weighted by molar-refractivity contribution is 0.0712. The zero-order chi connectivity index (χ0) is 24.4. The molecule has 1 saturated heterocycles. The number of likely N-dealkylation sites (tertiary alicyclic amines) is 1. The Morgan fingerprint density at radius 3 is 2.40 bits per heavy atom. The molecule has 1 aliphatic heterocycles. The van der Waals surface area contributed by atoms with Gasteiger partial charge in [0.2, 0.25) is 0 Å². The van der Waals surface area contributed by atoms with Crippen LogP contribution in [0.1, 0.15) is 50.6 Å². The predicted molar refractivity (Wildman–Crippen MR) is 127 cm³/mol. The largest absolute Gasteiger partial charge is 0.348 e. The number of nitrogens with zero attached hydrogens (tertiary/aromatic N) is 3. The van der Waals surface area contributed by atoms with E-state index in [-0.39, 0.29) is 23.3 Å². The highest BCUT2D eigenvalue weighted by Gasteiger charge is 2.25. The molecule has 2 amide bonds. The van der Waals surface area contributed by atoms with Crippen molar-refractivity contribution in [3.63, 3.8) is 0 Å². The zero-order valence-electron chi connectivity index (χ0n) is 19.0. The molecule has 1 N–H and O–H groups in total. The monoisotopic (exact) mass is 474 g/mol. The van der Waals surface area contributed by atoms with Gasteiger partial charge in [-0.25, -0.2) is 13.8 Å². The first-order valence-corrected chi connectivity index (χ1v) is 11.5. The van der Waals surface area contributed by atoms with Gasteiger partial charge in [-0.15, -0.1) is 0 Å². The molecule has 2 aromatic heterocycles. The highest BCUT2D eigenvalue weighted by molar-refractivity contribution is 5.94. The van der Waals surface area contributed by atoms with E-state index in [0.717, 1.165) is 41.7 Å². The standard InChI is InChI=1S/C27H24F2N4O2/c28-23-6-5-22(16-24(23)29)27(35)33-12-8-20(9-13-33)19-1-3-21(4-2-19)26(34)31-17-18-7-11-32-14-10-30-25(32)15-18/h1-7,10-11,14-16,20H,8-9,12-13,17H2,(H,31,34). The average molecular weight is 475 g/mol. The van der Waals surface area contributed by atoms with Crippen molar-refractivity contribution in [1.82, 2.24) is 19.6 Å². The minimum atomic E-state index is -1.02. The Hall–Kier alpha value is -4.07. The van der Waals surface area contributed by atoms with Gasteiger partial charge in [0.15, 0.2) is 11.6 Å². The molecule has 8 heteroatoms. The Kier molecular flexibility index (Phi) is 6.27. The number of carbonyl (C=O) groups is 2. The van der Waals surface area contributed by atoms with Gasteiger partial charge in [0.25, 0.3) is 11.8 Å². The SMILES string of the molecule is O=C(NCc1ccn2ccnc2c1)c1ccc(C2CCN(C(=O)c3ccc(F)c(F)c3)CC2)cc1. The van der Waals surface area contributed by atoms with Crippen LogP contribution in [-0.4, -0.2) is 39.2 Å². The summed E-state index contributed by atoms with van der Waals surface area (Å²) in [5, 5.41) is 2.94. The predicted octanol–water partition coefficient (Wildman–Crippen LogP) is 4.56. The lowest BCUT2D eigenvalue weighted by Crippen LogP contribution is -2.38. The van der Waals surface area contributed by atoms with Crippen LogP contribution in [0.15, 0.2) is 73.2 Å². The van der Waals surface area contributed by atoms with Crippen molar-refractivity contribution in [1.29, 1.82) is 0 Å². The van der Waals surface area contributed by atoms with Gasteiger partial charge in [0.1, 0.15) is 5.65 Å². The van der Waals surface area contributed by atoms with Gasteiger partial charge in [-0.2, -0.15) is 0 Å². The Labute approximate surface area is 201 Å². The molecular weight excluding hydrogens is 450 g/mol. The fourth-order valence-corrected chi connectivity index (χ4v) is 4.48. The van der Waals surface area contributed by atoms with Crippen LogP contribution in [0.5, 0.6) is 0 Å². The van der Waals surface area contributed by atoms with E-state index in [9.17, 15) is 18.4 Å². The van der Waals surface area contributed by atoms with E-state index in [0.29, 0.717) is 25.2 Å². The topological polar surface area (TPSA) is 66.7 Å². The van der Waals surface area contributed by atoms with Crippen LogP contribution in [0.25, 0.3) is 5.65 Å². The molecule has 5 rings (SSSR count). The van der Waals surface area contributed by atoms with Crippen LogP contribution >= 0.6 is 0 Å². The van der Waals surface area contributed by atoms with Crippen LogP contribution in [0.4, 0.5) is 8.78 Å². The van der Waals surface area contributed by atoms with E-state index in [1.54, 1.807) is 11.1 Å². The number of aromatic nitrogens is 2. The minimum absolute atomic E-state index is 0.147. The van der Waals surface area contributed by atoms with E-state index in [1.165, 1.54) is 6.07 Å². The molecular formula is C27H24F2N4O2. The molecule has 1 aliphatic rings. The quantitative estimate of drug-likeness (QED) is 0.461. The van der Waals surface area contributed by atoms with Crippen LogP contribution < -0.4 is 5.32 Å². The van der Waals surface area contributed by atoms with Crippen LogP contribution in [0, 0.1) is 11.6 Å². The summed E-state index contributed by atoms with van der Waals surface area (Å²) in [5.74, 6) is -2.16. The molecule has 35 heavy (non-hydrogen) atoms. The number of nitrogens with one attached hydrogen (secondary N) is 1. The van der Waals surface area contributed by atoms with Gasteiger partial charge >= 0.3 is 0 Å². The third-order valence-electron chi connectivity index (χ3n) is 6.51. The maximum Gasteiger partial charge on any atom is 0.253 e. The molecule has 4 aromatic rings. The molecule has 3 heterocycles. The molecule has 1 fully saturated rings. The highest BCUT2D eigenvalue weighted by Crippen LogP contribution is 2.29. The first-order valence-electron chi connectivity index (χ1n) is 11.5. The molecule has 0 aliphatic carbocycles. The fourth-order valence-electron chi connectivity index (χ4n) is 4.48. The number of carbonyl (C=O) groups excluding carboxylic acids is 2. The number of rotatable bonds is 5. The van der Waals surface area contributed by atoms with E-state index >= 15 is 0 Å². The Morgan fingerprint density at radius 2 is 1.66 bits per heavy atom. The molecule has 6 nitrogen and oxygen atoms in total. The summed E-state index contributed by atoms with van der Waals surface area (Å²) in [5.41, 5.74) is 3.66. The summed E-state index contributed by atoms with van der Waals surface area (Å²) in [7, 11) is 0. The van der Waals surface area contributed by atoms with E-state index in [2.05, 4.69) is 10.3 Å². The molecule has 0 saturated carbocycles. The van der Waals surface area contributed by atoms with Crippen molar-refractivity contribution < 1.29 is 18.4 Å². The normalized spacial score (nSPS) is 14.3. The molecule has 0 radical (unpaired) electrons. The number of benzene rings is 2. The summed E-state index contributed by atoms with van der Waals surface area (Å²) >= 11 is 0. The van der Waals surface area contributed by atoms with Gasteiger partial charge < -0.3 is 14.6 Å². The Balaban J connectivity index is 1.15. The second-order valence-electron chi connectivity index (χ2n) is 8.73. The van der Waals surface area contributed by atoms with Gasteiger partial charge in [-0.3, -0.25) is 9.59 Å². The number of imidazole rings is 1. The summed E-state index contributed by atoms with van der Waals surface area (Å²) in [4.78, 5) is 31.1. The van der Waals surface area contributed by atoms with Gasteiger partial charge in [-0.1, -0.05) is 12.1 Å². The lowest BCUT2D eigenvalue weighted by atomic mass is 9.88. The molecule has 0 atom stereocenters. The molecule has 178 valence electrons. The number of amides is 2. The summed E-state index contributed by atoms with van der Waals surface area (Å²) in [6.45, 7) is 1.48. The van der Waals surface area contributed by atoms with Crippen molar-refractivity contribution in [2.45, 2.75) is 25.3 Å². The lowest BCUT2D eigenvalue weighted by Gasteiger charge is -2.32. The maximum atomic E-state index is 13.5. The number of pyridine rings is 1.